The van der Waals surface area contributed by atoms with Crippen LogP contribution in [0, 0.1) is 6.92 Å². The quantitative estimate of drug-likeness (QED) is 0.756. The average molecular weight is 232 g/mol. The maximum absolute atomic E-state index is 11.0. The fourth-order valence-electron chi connectivity index (χ4n) is 1.56. The summed E-state index contributed by atoms with van der Waals surface area (Å²) >= 11 is 1.65. The van der Waals surface area contributed by atoms with Crippen LogP contribution in [0.5, 0.6) is 5.75 Å². The number of aryl methyl sites for hydroxylation is 1. The predicted octanol–water partition coefficient (Wildman–Crippen LogP) is 3.54. The Morgan fingerprint density at radius 3 is 2.69 bits per heavy atom. The van der Waals surface area contributed by atoms with Gasteiger partial charge in [0.2, 0.25) is 0 Å². The van der Waals surface area contributed by atoms with E-state index in [4.69, 9.17) is 4.74 Å². The van der Waals surface area contributed by atoms with Crippen molar-refractivity contribution in [2.45, 2.75) is 6.92 Å². The fraction of sp³-hybridized carbons (Fsp3) is 0.154. The van der Waals surface area contributed by atoms with Gasteiger partial charge in [0.15, 0.2) is 6.29 Å². The summed E-state index contributed by atoms with van der Waals surface area (Å²) in [5.74, 6) is 0.708. The normalized spacial score (nSPS) is 10.1. The molecule has 0 spiro atoms. The Hall–Kier alpha value is -1.61. The van der Waals surface area contributed by atoms with Gasteiger partial charge in [-0.2, -0.15) is 0 Å². The molecule has 0 saturated heterocycles. The molecule has 0 fully saturated rings. The molecule has 82 valence electrons. The molecule has 0 atom stereocenters. The van der Waals surface area contributed by atoms with Crippen molar-refractivity contribution in [3.63, 3.8) is 0 Å². The minimum absolute atomic E-state index is 0.668. The number of aldehydes is 1. The summed E-state index contributed by atoms with van der Waals surface area (Å²) in [6, 6.07) is 7.64. The minimum Gasteiger partial charge on any atom is -0.497 e. The summed E-state index contributed by atoms with van der Waals surface area (Å²) in [5, 5.41) is 2.08. The monoisotopic (exact) mass is 232 g/mol. The van der Waals surface area contributed by atoms with Crippen molar-refractivity contribution in [2.24, 2.45) is 0 Å². The van der Waals surface area contributed by atoms with Crippen LogP contribution in [0.3, 0.4) is 0 Å². The molecule has 0 aliphatic carbocycles. The van der Waals surface area contributed by atoms with Gasteiger partial charge < -0.3 is 4.74 Å². The maximum Gasteiger partial charge on any atom is 0.150 e. The number of methoxy groups -OCH3 is 1. The van der Waals surface area contributed by atoms with Gasteiger partial charge in [-0.25, -0.2) is 0 Å². The average Bonchev–Trinajstić information content (AvgIpc) is 2.74. The van der Waals surface area contributed by atoms with Gasteiger partial charge in [0, 0.05) is 16.0 Å². The van der Waals surface area contributed by atoms with Crippen molar-refractivity contribution < 1.29 is 9.53 Å². The number of thiophene rings is 1. The smallest absolute Gasteiger partial charge is 0.150 e. The van der Waals surface area contributed by atoms with Crippen molar-refractivity contribution in [3.05, 3.63) is 40.8 Å². The number of rotatable bonds is 3. The number of hydrogen-bond donors (Lipinski definition) is 0. The summed E-state index contributed by atoms with van der Waals surface area (Å²) in [7, 11) is 1.60. The Labute approximate surface area is 98.5 Å². The lowest BCUT2D eigenvalue weighted by Gasteiger charge is -2.05. The highest BCUT2D eigenvalue weighted by molar-refractivity contribution is 7.13. The molecule has 0 aliphatic rings. The van der Waals surface area contributed by atoms with Gasteiger partial charge >= 0.3 is 0 Å². The predicted molar refractivity (Wildman–Crippen MR) is 66.4 cm³/mol. The van der Waals surface area contributed by atoms with Gasteiger partial charge in [-0.3, -0.25) is 4.79 Å². The molecule has 16 heavy (non-hydrogen) atoms. The molecular formula is C13H12O2S. The SMILES string of the molecule is COc1ccc(-c2cc(C)cs2)c(C=O)c1. The van der Waals surface area contributed by atoms with Crippen molar-refractivity contribution >= 4 is 17.6 Å². The molecule has 1 heterocycles. The van der Waals surface area contributed by atoms with Crippen LogP contribution in [0.15, 0.2) is 29.6 Å². The molecule has 1 aromatic heterocycles. The lowest BCUT2D eigenvalue weighted by atomic mass is 10.1. The van der Waals surface area contributed by atoms with Gasteiger partial charge in [-0.05, 0) is 42.1 Å². The van der Waals surface area contributed by atoms with Crippen molar-refractivity contribution in [1.29, 1.82) is 0 Å². The van der Waals surface area contributed by atoms with Gasteiger partial charge in [-0.1, -0.05) is 0 Å². The standard InChI is InChI=1S/C13H12O2S/c1-9-5-13(16-8-9)12-4-3-11(15-2)6-10(12)7-14/h3-8H,1-2H3. The van der Waals surface area contributed by atoms with Crippen LogP contribution in [0.25, 0.3) is 10.4 Å². The van der Waals surface area contributed by atoms with Crippen LogP contribution in [-0.2, 0) is 0 Å². The highest BCUT2D eigenvalue weighted by Gasteiger charge is 2.07. The topological polar surface area (TPSA) is 26.3 Å². The van der Waals surface area contributed by atoms with E-state index in [9.17, 15) is 4.79 Å². The first kappa shape index (κ1) is 10.9. The molecule has 3 heteroatoms. The molecular weight excluding hydrogens is 220 g/mol. The van der Waals surface area contributed by atoms with Crippen LogP contribution in [0.1, 0.15) is 15.9 Å². The lowest BCUT2D eigenvalue weighted by molar-refractivity contribution is 0.112. The Kier molecular flexibility index (Phi) is 3.06. The molecule has 0 amide bonds. The van der Waals surface area contributed by atoms with Gasteiger partial charge in [0.05, 0.1) is 7.11 Å². The second-order valence-corrected chi connectivity index (χ2v) is 4.47. The third-order valence-electron chi connectivity index (χ3n) is 2.38. The molecule has 0 N–H and O–H groups in total. The zero-order chi connectivity index (χ0) is 11.5. The second-order valence-electron chi connectivity index (χ2n) is 3.56. The van der Waals surface area contributed by atoms with E-state index < -0.39 is 0 Å². The van der Waals surface area contributed by atoms with E-state index in [1.54, 1.807) is 24.5 Å². The zero-order valence-corrected chi connectivity index (χ0v) is 10.0. The highest BCUT2D eigenvalue weighted by atomic mass is 32.1. The summed E-state index contributed by atoms with van der Waals surface area (Å²) in [6.45, 7) is 2.05. The Morgan fingerprint density at radius 1 is 1.31 bits per heavy atom. The van der Waals surface area contributed by atoms with Crippen LogP contribution < -0.4 is 4.74 Å². The molecule has 0 unspecified atom stereocenters. The summed E-state index contributed by atoms with van der Waals surface area (Å²) in [5.41, 5.74) is 2.85. The summed E-state index contributed by atoms with van der Waals surface area (Å²) < 4.78 is 5.10. The van der Waals surface area contributed by atoms with E-state index in [1.807, 2.05) is 19.1 Å². The zero-order valence-electron chi connectivity index (χ0n) is 9.19. The second kappa shape index (κ2) is 4.49. The van der Waals surface area contributed by atoms with Crippen molar-refractivity contribution in [3.8, 4) is 16.2 Å². The van der Waals surface area contributed by atoms with Crippen LogP contribution in [-0.4, -0.2) is 13.4 Å². The van der Waals surface area contributed by atoms with Crippen LogP contribution in [0.2, 0.25) is 0 Å². The number of carbonyl (C=O) groups excluding carboxylic acids is 1. The summed E-state index contributed by atoms with van der Waals surface area (Å²) in [6.07, 6.45) is 0.868. The third-order valence-corrected chi connectivity index (χ3v) is 3.46. The van der Waals surface area contributed by atoms with Crippen LogP contribution in [0.4, 0.5) is 0 Å². The molecule has 0 aliphatic heterocycles. The number of hydrogen-bond acceptors (Lipinski definition) is 3. The molecule has 0 bridgehead atoms. The number of ether oxygens (including phenoxy) is 1. The molecule has 0 saturated carbocycles. The van der Waals surface area contributed by atoms with E-state index in [1.165, 1.54) is 5.56 Å². The Bertz CT molecular complexity index is 514. The number of carbonyl (C=O) groups is 1. The fourth-order valence-corrected chi connectivity index (χ4v) is 2.51. The van der Waals surface area contributed by atoms with E-state index >= 15 is 0 Å². The Balaban J connectivity index is 2.52. The van der Waals surface area contributed by atoms with E-state index in [0.717, 1.165) is 16.7 Å². The molecule has 2 aromatic rings. The van der Waals surface area contributed by atoms with Gasteiger partial charge in [0.1, 0.15) is 5.75 Å². The number of benzene rings is 1. The first-order valence-electron chi connectivity index (χ1n) is 4.93. The minimum atomic E-state index is 0.668. The maximum atomic E-state index is 11.0. The lowest BCUT2D eigenvalue weighted by Crippen LogP contribution is -1.89. The van der Waals surface area contributed by atoms with Crippen molar-refractivity contribution in [1.82, 2.24) is 0 Å². The van der Waals surface area contributed by atoms with Crippen LogP contribution >= 0.6 is 11.3 Å². The van der Waals surface area contributed by atoms with Crippen molar-refractivity contribution in [2.75, 3.05) is 7.11 Å². The molecule has 0 radical (unpaired) electrons. The van der Waals surface area contributed by atoms with Gasteiger partial charge in [-0.15, -0.1) is 11.3 Å². The van der Waals surface area contributed by atoms with E-state index in [2.05, 4.69) is 11.4 Å². The van der Waals surface area contributed by atoms with Gasteiger partial charge in [0.25, 0.3) is 0 Å². The summed E-state index contributed by atoms with van der Waals surface area (Å²) in [4.78, 5) is 12.1. The van der Waals surface area contributed by atoms with E-state index in [-0.39, 0.29) is 0 Å². The molecule has 2 nitrogen and oxygen atoms in total. The third kappa shape index (κ3) is 1.99. The first-order chi connectivity index (χ1) is 7.74. The Morgan fingerprint density at radius 2 is 2.12 bits per heavy atom. The first-order valence-corrected chi connectivity index (χ1v) is 5.81. The highest BCUT2D eigenvalue weighted by Crippen LogP contribution is 2.31. The van der Waals surface area contributed by atoms with E-state index in [0.29, 0.717) is 11.3 Å². The molecule has 2 rings (SSSR count). The largest absolute Gasteiger partial charge is 0.497 e. The molecule has 1 aromatic carbocycles.